The number of rotatable bonds is 3. The highest BCUT2D eigenvalue weighted by Gasteiger charge is 2.14. The summed E-state index contributed by atoms with van der Waals surface area (Å²) in [7, 11) is 0. The summed E-state index contributed by atoms with van der Waals surface area (Å²) in [4.78, 5) is 17.6. The number of nitrogens with one attached hydrogen (secondary N) is 1. The van der Waals surface area contributed by atoms with Gasteiger partial charge in [0.1, 0.15) is 5.82 Å². The summed E-state index contributed by atoms with van der Waals surface area (Å²) in [6.07, 6.45) is 0. The van der Waals surface area contributed by atoms with Crippen LogP contribution in [-0.4, -0.2) is 10.9 Å². The van der Waals surface area contributed by atoms with Gasteiger partial charge in [-0.25, -0.2) is 9.37 Å². The molecule has 27 heavy (non-hydrogen) atoms. The fraction of sp³-hybridized carbons (Fsp3) is 0.0435. The molecule has 0 atom stereocenters. The second-order valence-electron chi connectivity index (χ2n) is 6.40. The third-order valence-corrected chi connectivity index (χ3v) is 4.39. The zero-order valence-electron chi connectivity index (χ0n) is 14.7. The van der Waals surface area contributed by atoms with Crippen molar-refractivity contribution in [1.29, 1.82) is 0 Å². The van der Waals surface area contributed by atoms with Gasteiger partial charge >= 0.3 is 0 Å². The summed E-state index contributed by atoms with van der Waals surface area (Å²) >= 11 is 0. The minimum absolute atomic E-state index is 0.299. The summed E-state index contributed by atoms with van der Waals surface area (Å²) in [6, 6.07) is 23.1. The highest BCUT2D eigenvalue weighted by atomic mass is 19.1. The summed E-state index contributed by atoms with van der Waals surface area (Å²) < 4.78 is 13.4. The molecule has 0 saturated heterocycles. The Morgan fingerprint density at radius 3 is 2.48 bits per heavy atom. The summed E-state index contributed by atoms with van der Waals surface area (Å²) in [6.45, 7) is 2.02. The van der Waals surface area contributed by atoms with E-state index in [1.807, 2.05) is 55.5 Å². The van der Waals surface area contributed by atoms with Crippen molar-refractivity contribution in [3.63, 3.8) is 0 Å². The van der Waals surface area contributed by atoms with Crippen LogP contribution < -0.4 is 5.32 Å². The van der Waals surface area contributed by atoms with Crippen LogP contribution in [0.1, 0.15) is 15.9 Å². The number of benzene rings is 3. The standard InChI is InChI=1S/C23H17FN2O/c1-15-9-11-16(12-10-15)22-14-20(19-7-2-3-8-21(19)26-22)23(27)25-18-6-4-5-17(24)13-18/h2-14H,1H3,(H,25,27). The SMILES string of the molecule is Cc1ccc(-c2cc(C(=O)Nc3cccc(F)c3)c3ccccc3n2)cc1. The molecule has 3 aromatic carbocycles. The number of carbonyl (C=O) groups is 1. The topological polar surface area (TPSA) is 42.0 Å². The quantitative estimate of drug-likeness (QED) is 0.519. The van der Waals surface area contributed by atoms with E-state index < -0.39 is 5.82 Å². The first-order valence-electron chi connectivity index (χ1n) is 8.64. The fourth-order valence-electron chi connectivity index (χ4n) is 3.00. The predicted octanol–water partition coefficient (Wildman–Crippen LogP) is 5.60. The lowest BCUT2D eigenvalue weighted by Crippen LogP contribution is -2.13. The molecule has 0 fully saturated rings. The highest BCUT2D eigenvalue weighted by Crippen LogP contribution is 2.26. The Kier molecular flexibility index (Phi) is 4.38. The van der Waals surface area contributed by atoms with Gasteiger partial charge in [0.15, 0.2) is 0 Å². The van der Waals surface area contributed by atoms with Crippen molar-refractivity contribution >= 4 is 22.5 Å². The average Bonchev–Trinajstić information content (AvgIpc) is 2.67. The number of amides is 1. The number of aryl methyl sites for hydroxylation is 1. The molecule has 1 N–H and O–H groups in total. The Hall–Kier alpha value is -3.53. The van der Waals surface area contributed by atoms with E-state index in [-0.39, 0.29) is 5.91 Å². The van der Waals surface area contributed by atoms with Gasteiger partial charge in [-0.2, -0.15) is 0 Å². The van der Waals surface area contributed by atoms with Gasteiger partial charge in [0.25, 0.3) is 5.91 Å². The third-order valence-electron chi connectivity index (χ3n) is 4.39. The molecule has 1 amide bonds. The van der Waals surface area contributed by atoms with E-state index in [1.54, 1.807) is 18.2 Å². The molecule has 4 heteroatoms. The number of pyridine rings is 1. The Bertz CT molecular complexity index is 1140. The molecule has 132 valence electrons. The molecule has 0 bridgehead atoms. The van der Waals surface area contributed by atoms with Gasteiger partial charge in [-0.1, -0.05) is 54.1 Å². The number of nitrogens with zero attached hydrogens (tertiary/aromatic N) is 1. The van der Waals surface area contributed by atoms with Crippen LogP contribution in [0.3, 0.4) is 0 Å². The van der Waals surface area contributed by atoms with Crippen molar-refractivity contribution in [3.8, 4) is 11.3 Å². The minimum atomic E-state index is -0.396. The number of aromatic nitrogens is 1. The Morgan fingerprint density at radius 2 is 1.70 bits per heavy atom. The van der Waals surface area contributed by atoms with Crippen LogP contribution in [0.2, 0.25) is 0 Å². The summed E-state index contributed by atoms with van der Waals surface area (Å²) in [5.74, 6) is -0.694. The van der Waals surface area contributed by atoms with E-state index in [9.17, 15) is 9.18 Å². The highest BCUT2D eigenvalue weighted by molar-refractivity contribution is 6.13. The lowest BCUT2D eigenvalue weighted by atomic mass is 10.0. The second-order valence-corrected chi connectivity index (χ2v) is 6.40. The van der Waals surface area contributed by atoms with E-state index in [4.69, 9.17) is 4.98 Å². The minimum Gasteiger partial charge on any atom is -0.322 e. The first-order valence-corrected chi connectivity index (χ1v) is 8.64. The molecule has 0 saturated carbocycles. The van der Waals surface area contributed by atoms with Crippen molar-refractivity contribution in [3.05, 3.63) is 95.8 Å². The molecule has 1 heterocycles. The van der Waals surface area contributed by atoms with E-state index in [0.717, 1.165) is 27.7 Å². The fourth-order valence-corrected chi connectivity index (χ4v) is 3.00. The van der Waals surface area contributed by atoms with Crippen molar-refractivity contribution in [1.82, 2.24) is 4.98 Å². The number of anilines is 1. The molecule has 0 spiro atoms. The average molecular weight is 356 g/mol. The van der Waals surface area contributed by atoms with Crippen molar-refractivity contribution in [2.75, 3.05) is 5.32 Å². The number of hydrogen-bond donors (Lipinski definition) is 1. The van der Waals surface area contributed by atoms with Crippen LogP contribution in [0, 0.1) is 12.7 Å². The van der Waals surface area contributed by atoms with Gasteiger partial charge < -0.3 is 5.32 Å². The van der Waals surface area contributed by atoms with Gasteiger partial charge in [-0.15, -0.1) is 0 Å². The Labute approximate surface area is 156 Å². The third kappa shape index (κ3) is 3.55. The predicted molar refractivity (Wildman–Crippen MR) is 106 cm³/mol. The summed E-state index contributed by atoms with van der Waals surface area (Å²) in [5.41, 5.74) is 4.46. The molecule has 0 unspecified atom stereocenters. The maximum Gasteiger partial charge on any atom is 0.256 e. The lowest BCUT2D eigenvalue weighted by Gasteiger charge is -2.11. The molecule has 0 aliphatic rings. The maximum atomic E-state index is 13.4. The van der Waals surface area contributed by atoms with Crippen molar-refractivity contribution in [2.45, 2.75) is 6.92 Å². The molecular formula is C23H17FN2O. The molecule has 0 aliphatic carbocycles. The van der Waals surface area contributed by atoms with Gasteiger partial charge in [0.2, 0.25) is 0 Å². The molecule has 3 nitrogen and oxygen atoms in total. The van der Waals surface area contributed by atoms with Crippen molar-refractivity contribution < 1.29 is 9.18 Å². The first-order chi connectivity index (χ1) is 13.1. The van der Waals surface area contributed by atoms with Crippen LogP contribution in [0.5, 0.6) is 0 Å². The van der Waals surface area contributed by atoms with Gasteiger partial charge in [-0.05, 0) is 37.3 Å². The smallest absolute Gasteiger partial charge is 0.256 e. The van der Waals surface area contributed by atoms with Crippen molar-refractivity contribution in [2.24, 2.45) is 0 Å². The molecule has 4 rings (SSSR count). The second kappa shape index (κ2) is 7.00. The largest absolute Gasteiger partial charge is 0.322 e. The molecule has 4 aromatic rings. The molecule has 0 aliphatic heterocycles. The normalized spacial score (nSPS) is 10.7. The number of halogens is 1. The number of fused-ring (bicyclic) bond motifs is 1. The van der Waals surface area contributed by atoms with Crippen LogP contribution >= 0.6 is 0 Å². The van der Waals surface area contributed by atoms with E-state index in [1.165, 1.54) is 12.1 Å². The Morgan fingerprint density at radius 1 is 0.926 bits per heavy atom. The molecule has 1 aromatic heterocycles. The Balaban J connectivity index is 1.80. The van der Waals surface area contributed by atoms with Gasteiger partial charge in [0, 0.05) is 16.6 Å². The maximum absolute atomic E-state index is 13.4. The van der Waals surface area contributed by atoms with Crippen LogP contribution in [-0.2, 0) is 0 Å². The number of carbonyl (C=O) groups excluding carboxylic acids is 1. The zero-order chi connectivity index (χ0) is 18.8. The first kappa shape index (κ1) is 16.9. The van der Waals surface area contributed by atoms with E-state index in [2.05, 4.69) is 5.32 Å². The monoisotopic (exact) mass is 356 g/mol. The van der Waals surface area contributed by atoms with Gasteiger partial charge in [0.05, 0.1) is 16.8 Å². The van der Waals surface area contributed by atoms with Gasteiger partial charge in [-0.3, -0.25) is 4.79 Å². The number of hydrogen-bond acceptors (Lipinski definition) is 2. The summed E-state index contributed by atoms with van der Waals surface area (Å²) in [5, 5.41) is 3.52. The molecular weight excluding hydrogens is 339 g/mol. The van der Waals surface area contributed by atoms with E-state index >= 15 is 0 Å². The van der Waals surface area contributed by atoms with E-state index in [0.29, 0.717) is 11.3 Å². The van der Waals surface area contributed by atoms with Crippen LogP contribution in [0.25, 0.3) is 22.2 Å². The van der Waals surface area contributed by atoms with Crippen LogP contribution in [0.4, 0.5) is 10.1 Å². The lowest BCUT2D eigenvalue weighted by molar-refractivity contribution is 0.102. The van der Waals surface area contributed by atoms with Crippen LogP contribution in [0.15, 0.2) is 78.9 Å². The number of para-hydroxylation sites is 1. The molecule has 0 radical (unpaired) electrons. The zero-order valence-corrected chi connectivity index (χ0v) is 14.7.